The molecule has 0 atom stereocenters. The summed E-state index contributed by atoms with van der Waals surface area (Å²) in [6, 6.07) is 2.88. The van der Waals surface area contributed by atoms with E-state index in [1.54, 1.807) is 0 Å². The minimum atomic E-state index is -0.504. The Balaban J connectivity index is 2.44. The van der Waals surface area contributed by atoms with E-state index in [0.717, 1.165) is 11.3 Å². The fourth-order valence-corrected chi connectivity index (χ4v) is 2.21. The van der Waals surface area contributed by atoms with Crippen molar-refractivity contribution < 1.29 is 4.92 Å². The number of nitro groups is 1. The van der Waals surface area contributed by atoms with Crippen LogP contribution in [0.2, 0.25) is 0 Å². The summed E-state index contributed by atoms with van der Waals surface area (Å²) in [5, 5.41) is 10.7. The average Bonchev–Trinajstić information content (AvgIpc) is 2.69. The summed E-state index contributed by atoms with van der Waals surface area (Å²) >= 11 is 0.961. The Labute approximate surface area is 97.5 Å². The molecule has 0 spiro atoms. The largest absolute Gasteiger partial charge is 0.329 e. The lowest BCUT2D eigenvalue weighted by Crippen LogP contribution is -2.01. The normalized spacial score (nSPS) is 11.1. The van der Waals surface area contributed by atoms with E-state index in [-0.39, 0.29) is 10.6 Å². The van der Waals surface area contributed by atoms with Gasteiger partial charge >= 0.3 is 4.87 Å². The zero-order chi connectivity index (χ0) is 12.0. The van der Waals surface area contributed by atoms with Gasteiger partial charge in [0, 0.05) is 6.07 Å². The van der Waals surface area contributed by atoms with Crippen LogP contribution in [0.5, 0.6) is 0 Å². The minimum absolute atomic E-state index is 0.0720. The summed E-state index contributed by atoms with van der Waals surface area (Å²) in [7, 11) is 0. The Hall–Kier alpha value is -2.35. The van der Waals surface area contributed by atoms with Gasteiger partial charge in [-0.25, -0.2) is 4.98 Å². The van der Waals surface area contributed by atoms with E-state index in [2.05, 4.69) is 9.97 Å². The van der Waals surface area contributed by atoms with Crippen LogP contribution in [0.4, 0.5) is 5.69 Å². The van der Waals surface area contributed by atoms with E-state index < -0.39 is 4.92 Å². The van der Waals surface area contributed by atoms with Crippen molar-refractivity contribution in [3.05, 3.63) is 44.3 Å². The van der Waals surface area contributed by atoms with Crippen LogP contribution < -0.4 is 4.87 Å². The second-order valence-electron chi connectivity index (χ2n) is 3.30. The molecule has 0 amide bonds. The van der Waals surface area contributed by atoms with Gasteiger partial charge in [-0.1, -0.05) is 11.3 Å². The van der Waals surface area contributed by atoms with Gasteiger partial charge in [-0.15, -0.1) is 0 Å². The molecular weight excluding hydrogens is 244 g/mol. The molecule has 8 heteroatoms. The molecule has 1 aromatic heterocycles. The molecule has 0 bridgehead atoms. The second-order valence-corrected chi connectivity index (χ2v) is 4.29. The van der Waals surface area contributed by atoms with Gasteiger partial charge in [0.1, 0.15) is 5.65 Å². The topological polar surface area (TPSA) is 90.4 Å². The number of fused-ring (bicyclic) bond motifs is 3. The van der Waals surface area contributed by atoms with Crippen LogP contribution in [0, 0.1) is 10.1 Å². The lowest BCUT2D eigenvalue weighted by Gasteiger charge is -2.04. The third kappa shape index (κ3) is 1.46. The Morgan fingerprint density at radius 2 is 2.24 bits per heavy atom. The van der Waals surface area contributed by atoms with E-state index in [1.807, 2.05) is 0 Å². The van der Waals surface area contributed by atoms with Gasteiger partial charge in [0.15, 0.2) is 5.82 Å². The molecule has 0 saturated carbocycles. The van der Waals surface area contributed by atoms with Crippen molar-refractivity contribution >= 4 is 22.7 Å². The molecule has 0 radical (unpaired) electrons. The molecule has 17 heavy (non-hydrogen) atoms. The standard InChI is InChI=1S/C9H4N4O3S/c14-9-11-8-6(17-9)3-10-7-2-1-5(13(15)16)4-12(7)8/h1-4H. The molecule has 3 rings (SSSR count). The Morgan fingerprint density at radius 1 is 1.41 bits per heavy atom. The van der Waals surface area contributed by atoms with Crippen LogP contribution in [0.1, 0.15) is 0 Å². The maximum atomic E-state index is 11.2. The maximum absolute atomic E-state index is 11.2. The van der Waals surface area contributed by atoms with E-state index in [1.165, 1.54) is 28.9 Å². The summed E-state index contributed by atoms with van der Waals surface area (Å²) in [6.45, 7) is 0. The zero-order valence-electron chi connectivity index (χ0n) is 8.23. The first-order valence-electron chi connectivity index (χ1n) is 4.57. The van der Waals surface area contributed by atoms with E-state index >= 15 is 0 Å². The van der Waals surface area contributed by atoms with Crippen LogP contribution >= 0.6 is 11.3 Å². The number of aromatic nitrogens is 3. The van der Waals surface area contributed by atoms with Crippen LogP contribution in [0.3, 0.4) is 0 Å². The van der Waals surface area contributed by atoms with Crippen LogP contribution in [0.25, 0.3) is 16.3 Å². The summed E-state index contributed by atoms with van der Waals surface area (Å²) in [4.78, 5) is 29.5. The predicted octanol–water partition coefficient (Wildman–Crippen LogP) is 1.16. The molecule has 84 valence electrons. The monoisotopic (exact) mass is 248 g/mol. The van der Waals surface area contributed by atoms with Crippen molar-refractivity contribution in [3.8, 4) is 10.7 Å². The number of pyridine rings is 1. The van der Waals surface area contributed by atoms with Crippen molar-refractivity contribution in [2.75, 3.05) is 0 Å². The highest BCUT2D eigenvalue weighted by molar-refractivity contribution is 7.12. The highest BCUT2D eigenvalue weighted by Crippen LogP contribution is 2.23. The number of nitrogens with zero attached hydrogens (tertiary/aromatic N) is 4. The first-order chi connectivity index (χ1) is 8.15. The minimum Gasteiger partial charge on any atom is -0.278 e. The molecule has 0 unspecified atom stereocenters. The van der Waals surface area contributed by atoms with Crippen LogP contribution in [0.15, 0.2) is 29.3 Å². The van der Waals surface area contributed by atoms with Crippen molar-refractivity contribution in [1.29, 1.82) is 0 Å². The summed E-state index contributed by atoms with van der Waals surface area (Å²) in [5.74, 6) is 0.397. The molecule has 3 heterocycles. The number of hydrogen-bond donors (Lipinski definition) is 0. The molecule has 2 aliphatic rings. The van der Waals surface area contributed by atoms with E-state index in [0.29, 0.717) is 16.3 Å². The maximum Gasteiger partial charge on any atom is 0.329 e. The first kappa shape index (κ1) is 9.85. The smallest absolute Gasteiger partial charge is 0.278 e. The van der Waals surface area contributed by atoms with Gasteiger partial charge in [0.05, 0.1) is 22.2 Å². The SMILES string of the molecule is O=c1nc2n3cc([N+](=O)[O-])ccc3ncc-2s1. The Bertz CT molecular complexity index is 762. The number of hydrogen-bond acceptors (Lipinski definition) is 6. The highest BCUT2D eigenvalue weighted by Gasteiger charge is 2.15. The second kappa shape index (κ2) is 3.32. The fourth-order valence-electron chi connectivity index (χ4n) is 1.55. The predicted molar refractivity (Wildman–Crippen MR) is 60.4 cm³/mol. The van der Waals surface area contributed by atoms with Gasteiger partial charge in [0.25, 0.3) is 5.69 Å². The number of rotatable bonds is 1. The Kier molecular flexibility index (Phi) is 1.92. The molecule has 0 saturated heterocycles. The Morgan fingerprint density at radius 3 is 3.00 bits per heavy atom. The highest BCUT2D eigenvalue weighted by atomic mass is 32.1. The third-order valence-corrected chi connectivity index (χ3v) is 3.05. The van der Waals surface area contributed by atoms with Gasteiger partial charge < -0.3 is 0 Å². The molecule has 7 nitrogen and oxygen atoms in total. The quantitative estimate of drug-likeness (QED) is 0.476. The molecule has 0 fully saturated rings. The van der Waals surface area contributed by atoms with Gasteiger partial charge in [-0.05, 0) is 6.07 Å². The van der Waals surface area contributed by atoms with E-state index in [4.69, 9.17) is 0 Å². The first-order valence-corrected chi connectivity index (χ1v) is 5.39. The van der Waals surface area contributed by atoms with Gasteiger partial charge in [0.2, 0.25) is 0 Å². The van der Waals surface area contributed by atoms with Crippen LogP contribution in [-0.2, 0) is 0 Å². The lowest BCUT2D eigenvalue weighted by molar-refractivity contribution is -0.385. The van der Waals surface area contributed by atoms with Gasteiger partial charge in [-0.3, -0.25) is 19.3 Å². The average molecular weight is 248 g/mol. The summed E-state index contributed by atoms with van der Waals surface area (Å²) in [5.41, 5.74) is 0.436. The molecule has 1 aromatic rings. The third-order valence-electron chi connectivity index (χ3n) is 2.28. The van der Waals surface area contributed by atoms with E-state index in [9.17, 15) is 14.9 Å². The van der Waals surface area contributed by atoms with Crippen LogP contribution in [-0.4, -0.2) is 19.3 Å². The van der Waals surface area contributed by atoms with Crippen molar-refractivity contribution in [1.82, 2.24) is 14.4 Å². The van der Waals surface area contributed by atoms with Gasteiger partial charge in [-0.2, -0.15) is 4.98 Å². The molecule has 0 aliphatic carbocycles. The molecule has 0 aromatic carbocycles. The fraction of sp³-hybridized carbons (Fsp3) is 0. The zero-order valence-corrected chi connectivity index (χ0v) is 9.05. The molecule has 0 N–H and O–H groups in total. The summed E-state index contributed by atoms with van der Waals surface area (Å²) in [6.07, 6.45) is 2.85. The molecular formula is C9H4N4O3S. The number of thiazole rings is 1. The van der Waals surface area contributed by atoms with Crippen molar-refractivity contribution in [2.24, 2.45) is 0 Å². The van der Waals surface area contributed by atoms with Crippen molar-refractivity contribution in [3.63, 3.8) is 0 Å². The molecule has 2 aliphatic heterocycles. The lowest BCUT2D eigenvalue weighted by atomic mass is 10.4. The van der Waals surface area contributed by atoms with Crippen molar-refractivity contribution in [2.45, 2.75) is 0 Å². The summed E-state index contributed by atoms with van der Waals surface area (Å²) < 4.78 is 1.45.